The van der Waals surface area contributed by atoms with Crippen molar-refractivity contribution in [2.45, 2.75) is 18.9 Å². The minimum Gasteiger partial charge on any atom is -0.466 e. The van der Waals surface area contributed by atoms with Crippen LogP contribution < -0.4 is 9.57 Å². The van der Waals surface area contributed by atoms with E-state index in [0.717, 1.165) is 37.0 Å². The molecule has 0 atom stereocenters. The summed E-state index contributed by atoms with van der Waals surface area (Å²) in [4.78, 5) is 23.7. The molecule has 0 bridgehead atoms. The number of aromatic nitrogens is 2. The first-order chi connectivity index (χ1) is 11.2. The van der Waals surface area contributed by atoms with Gasteiger partial charge in [-0.05, 0) is 32.0 Å². The van der Waals surface area contributed by atoms with Gasteiger partial charge in [-0.2, -0.15) is 4.98 Å². The second-order valence-corrected chi connectivity index (χ2v) is 5.65. The molecule has 7 heteroatoms. The van der Waals surface area contributed by atoms with Crippen LogP contribution in [-0.2, 0) is 9.53 Å². The van der Waals surface area contributed by atoms with Crippen molar-refractivity contribution in [3.05, 3.63) is 24.3 Å². The van der Waals surface area contributed by atoms with Crippen molar-refractivity contribution in [3.63, 3.8) is 0 Å². The van der Waals surface area contributed by atoms with Gasteiger partial charge in [0.15, 0.2) is 0 Å². The van der Waals surface area contributed by atoms with Gasteiger partial charge in [-0.3, -0.25) is 0 Å². The fourth-order valence-electron chi connectivity index (χ4n) is 2.61. The number of likely N-dealkylation sites (tertiary alicyclic amines) is 1. The Morgan fingerprint density at radius 1 is 1.30 bits per heavy atom. The fraction of sp³-hybridized carbons (Fsp3) is 0.500. The van der Waals surface area contributed by atoms with Crippen LogP contribution in [0.15, 0.2) is 24.3 Å². The van der Waals surface area contributed by atoms with Crippen LogP contribution in [0.25, 0.3) is 11.0 Å². The molecule has 124 valence electrons. The second-order valence-electron chi connectivity index (χ2n) is 5.65. The molecule has 1 aromatic carbocycles. The number of piperidine rings is 1. The number of rotatable bonds is 5. The number of hydrogen-bond acceptors (Lipinski definition) is 6. The predicted molar refractivity (Wildman–Crippen MR) is 84.3 cm³/mol. The van der Waals surface area contributed by atoms with Crippen molar-refractivity contribution in [2.75, 3.05) is 33.9 Å². The van der Waals surface area contributed by atoms with Crippen LogP contribution in [0.4, 0.5) is 0 Å². The number of benzene rings is 1. The Balaban J connectivity index is 1.81. The molecule has 23 heavy (non-hydrogen) atoms. The first kappa shape index (κ1) is 15.6. The van der Waals surface area contributed by atoms with E-state index in [9.17, 15) is 4.79 Å². The third-order valence-corrected chi connectivity index (χ3v) is 3.97. The van der Waals surface area contributed by atoms with Crippen molar-refractivity contribution >= 4 is 17.0 Å². The summed E-state index contributed by atoms with van der Waals surface area (Å²) in [6, 6.07) is 7.93. The lowest BCUT2D eigenvalue weighted by molar-refractivity contribution is -0.146. The molecule has 7 nitrogen and oxygen atoms in total. The molecule has 2 aromatic rings. The standard InChI is InChI=1S/C16H21N3O4/c1-18-9-7-12(8-10-18)23-16-17-13-5-3-4-6-14(13)19(16)22-11-15(20)21-2/h3-6,12H,7-11H2,1-2H3. The molecule has 1 aromatic heterocycles. The van der Waals surface area contributed by atoms with Crippen molar-refractivity contribution < 1.29 is 19.1 Å². The van der Waals surface area contributed by atoms with Crippen LogP contribution in [0.3, 0.4) is 0 Å². The molecule has 0 aliphatic carbocycles. The molecule has 0 radical (unpaired) electrons. The lowest BCUT2D eigenvalue weighted by Crippen LogP contribution is -2.36. The molecule has 3 rings (SSSR count). The van der Waals surface area contributed by atoms with E-state index in [2.05, 4.69) is 21.7 Å². The van der Waals surface area contributed by atoms with Gasteiger partial charge in [0.1, 0.15) is 11.6 Å². The largest absolute Gasteiger partial charge is 0.466 e. The van der Waals surface area contributed by atoms with E-state index in [1.54, 1.807) is 0 Å². The van der Waals surface area contributed by atoms with Gasteiger partial charge in [-0.15, -0.1) is 4.73 Å². The molecule has 0 unspecified atom stereocenters. The summed E-state index contributed by atoms with van der Waals surface area (Å²) in [5.41, 5.74) is 1.53. The summed E-state index contributed by atoms with van der Waals surface area (Å²) in [5.74, 6) is -0.451. The summed E-state index contributed by atoms with van der Waals surface area (Å²) in [7, 11) is 3.43. The molecule has 0 spiro atoms. The number of para-hydroxylation sites is 2. The van der Waals surface area contributed by atoms with Crippen LogP contribution in [0.2, 0.25) is 0 Å². The number of carbonyl (C=O) groups excluding carboxylic acids is 1. The Morgan fingerprint density at radius 2 is 2.04 bits per heavy atom. The fourth-order valence-corrected chi connectivity index (χ4v) is 2.61. The van der Waals surface area contributed by atoms with Gasteiger partial charge in [0, 0.05) is 13.1 Å². The number of esters is 1. The van der Waals surface area contributed by atoms with Gasteiger partial charge >= 0.3 is 12.0 Å². The molecule has 1 aliphatic heterocycles. The topological polar surface area (TPSA) is 65.8 Å². The molecular weight excluding hydrogens is 298 g/mol. The maximum atomic E-state index is 11.4. The molecule has 2 heterocycles. The van der Waals surface area contributed by atoms with Gasteiger partial charge in [0.25, 0.3) is 0 Å². The van der Waals surface area contributed by atoms with Crippen LogP contribution in [0, 0.1) is 0 Å². The SMILES string of the molecule is COC(=O)COn1c(OC2CCN(C)CC2)nc2ccccc21. The van der Waals surface area contributed by atoms with E-state index in [1.807, 2.05) is 24.3 Å². The zero-order valence-electron chi connectivity index (χ0n) is 13.4. The van der Waals surface area contributed by atoms with Gasteiger partial charge in [0.2, 0.25) is 6.61 Å². The van der Waals surface area contributed by atoms with Crippen molar-refractivity contribution in [3.8, 4) is 6.01 Å². The molecule has 1 saturated heterocycles. The highest BCUT2D eigenvalue weighted by Gasteiger charge is 2.22. The maximum Gasteiger partial charge on any atom is 0.346 e. The monoisotopic (exact) mass is 319 g/mol. The lowest BCUT2D eigenvalue weighted by Gasteiger charge is -2.28. The summed E-state index contributed by atoms with van der Waals surface area (Å²) in [6.07, 6.45) is 1.98. The number of hydrogen-bond donors (Lipinski definition) is 0. The molecule has 1 fully saturated rings. The lowest BCUT2D eigenvalue weighted by atomic mass is 10.1. The van der Waals surface area contributed by atoms with E-state index in [1.165, 1.54) is 11.8 Å². The normalized spacial score (nSPS) is 16.4. The van der Waals surface area contributed by atoms with Gasteiger partial charge < -0.3 is 19.2 Å². The third-order valence-electron chi connectivity index (χ3n) is 3.97. The van der Waals surface area contributed by atoms with E-state index in [-0.39, 0.29) is 12.7 Å². The maximum absolute atomic E-state index is 11.4. The first-order valence-corrected chi connectivity index (χ1v) is 7.70. The highest BCUT2D eigenvalue weighted by atomic mass is 16.7. The van der Waals surface area contributed by atoms with Crippen LogP contribution >= 0.6 is 0 Å². The summed E-state index contributed by atoms with van der Waals surface area (Å²) in [5, 5.41) is 0. The summed E-state index contributed by atoms with van der Waals surface area (Å²) < 4.78 is 12.1. The van der Waals surface area contributed by atoms with E-state index in [4.69, 9.17) is 9.57 Å². The van der Waals surface area contributed by atoms with Gasteiger partial charge in [0.05, 0.1) is 12.6 Å². The minimum absolute atomic E-state index is 0.100. The molecular formula is C16H21N3O4. The van der Waals surface area contributed by atoms with E-state index in [0.29, 0.717) is 6.01 Å². The predicted octanol–water partition coefficient (Wildman–Crippen LogP) is 1.11. The average molecular weight is 319 g/mol. The molecule has 0 amide bonds. The summed E-state index contributed by atoms with van der Waals surface area (Å²) >= 11 is 0. The average Bonchev–Trinajstić information content (AvgIpc) is 2.92. The Bertz CT molecular complexity index is 677. The van der Waals surface area contributed by atoms with Crippen LogP contribution in [0.1, 0.15) is 12.8 Å². The zero-order chi connectivity index (χ0) is 16.2. The van der Waals surface area contributed by atoms with E-state index >= 15 is 0 Å². The van der Waals surface area contributed by atoms with Crippen LogP contribution in [-0.4, -0.2) is 60.5 Å². The third kappa shape index (κ3) is 3.56. The number of carbonyl (C=O) groups is 1. The number of nitrogens with zero attached hydrogens (tertiary/aromatic N) is 3. The number of fused-ring (bicyclic) bond motifs is 1. The van der Waals surface area contributed by atoms with Crippen molar-refractivity contribution in [2.24, 2.45) is 0 Å². The number of imidazole rings is 1. The molecule has 0 saturated carbocycles. The number of methoxy groups -OCH3 is 1. The minimum atomic E-state index is -0.451. The van der Waals surface area contributed by atoms with Gasteiger partial charge in [-0.1, -0.05) is 12.1 Å². The highest BCUT2D eigenvalue weighted by Crippen LogP contribution is 2.23. The smallest absolute Gasteiger partial charge is 0.346 e. The Kier molecular flexibility index (Phi) is 4.66. The molecule has 0 N–H and O–H groups in total. The highest BCUT2D eigenvalue weighted by molar-refractivity contribution is 5.76. The van der Waals surface area contributed by atoms with E-state index < -0.39 is 5.97 Å². The Labute approximate surface area is 134 Å². The summed E-state index contributed by atoms with van der Waals surface area (Å²) in [6.45, 7) is 1.79. The van der Waals surface area contributed by atoms with Gasteiger partial charge in [-0.25, -0.2) is 4.79 Å². The van der Waals surface area contributed by atoms with Crippen molar-refractivity contribution in [1.29, 1.82) is 0 Å². The first-order valence-electron chi connectivity index (χ1n) is 7.70. The zero-order valence-corrected chi connectivity index (χ0v) is 13.4. The van der Waals surface area contributed by atoms with Crippen molar-refractivity contribution in [1.82, 2.24) is 14.6 Å². The number of ether oxygens (including phenoxy) is 2. The quantitative estimate of drug-likeness (QED) is 0.769. The Hall–Kier alpha value is -2.28. The Morgan fingerprint density at radius 3 is 2.78 bits per heavy atom. The second kappa shape index (κ2) is 6.87. The van der Waals surface area contributed by atoms with Crippen LogP contribution in [0.5, 0.6) is 6.01 Å². The molecule has 1 aliphatic rings.